The van der Waals surface area contributed by atoms with Crippen LogP contribution in [0, 0.1) is 0 Å². The lowest BCUT2D eigenvalue weighted by molar-refractivity contribution is 0.0696. The van der Waals surface area contributed by atoms with Crippen molar-refractivity contribution in [3.8, 4) is 5.75 Å². The Morgan fingerprint density at radius 1 is 1.17 bits per heavy atom. The lowest BCUT2D eigenvalue weighted by Crippen LogP contribution is -2.38. The molecule has 2 aromatic carbocycles. The molecular formula is C17H15NO5. The molecule has 1 amide bonds. The van der Waals surface area contributed by atoms with Crippen LogP contribution in [0.3, 0.4) is 0 Å². The number of hydrogen-bond acceptors (Lipinski definition) is 4. The Labute approximate surface area is 132 Å². The van der Waals surface area contributed by atoms with E-state index in [9.17, 15) is 9.59 Å². The van der Waals surface area contributed by atoms with E-state index in [1.807, 2.05) is 30.3 Å². The van der Waals surface area contributed by atoms with Gasteiger partial charge >= 0.3 is 12.1 Å². The van der Waals surface area contributed by atoms with Crippen LogP contribution < -0.4 is 9.64 Å². The standard InChI is InChI=1S/C17H15NO5/c19-16(20)13-6-7-14-15(10-13)22-9-8-18(14)17(21)23-11-12-4-2-1-3-5-12/h1-7,10H,8-9,11H2,(H,19,20). The van der Waals surface area contributed by atoms with Crippen LogP contribution in [0.1, 0.15) is 15.9 Å². The minimum absolute atomic E-state index is 0.114. The quantitative estimate of drug-likeness (QED) is 0.943. The largest absolute Gasteiger partial charge is 0.490 e. The number of carboxylic acids is 1. The summed E-state index contributed by atoms with van der Waals surface area (Å²) in [4.78, 5) is 24.7. The number of hydrogen-bond donors (Lipinski definition) is 1. The van der Waals surface area contributed by atoms with Crippen molar-refractivity contribution < 1.29 is 24.2 Å². The van der Waals surface area contributed by atoms with Gasteiger partial charge in [0, 0.05) is 0 Å². The van der Waals surface area contributed by atoms with E-state index < -0.39 is 12.1 Å². The zero-order chi connectivity index (χ0) is 16.2. The first-order valence-corrected chi connectivity index (χ1v) is 7.13. The fourth-order valence-corrected chi connectivity index (χ4v) is 2.34. The summed E-state index contributed by atoms with van der Waals surface area (Å²) in [5, 5.41) is 9.01. The summed E-state index contributed by atoms with van der Waals surface area (Å²) < 4.78 is 10.8. The molecule has 0 fully saturated rings. The van der Waals surface area contributed by atoms with Crippen molar-refractivity contribution in [2.45, 2.75) is 6.61 Å². The van der Waals surface area contributed by atoms with Gasteiger partial charge in [0.25, 0.3) is 0 Å². The second-order valence-electron chi connectivity index (χ2n) is 5.03. The van der Waals surface area contributed by atoms with Gasteiger partial charge in [-0.3, -0.25) is 4.90 Å². The predicted octanol–water partition coefficient (Wildman–Crippen LogP) is 2.92. The van der Waals surface area contributed by atoms with Gasteiger partial charge in [0.1, 0.15) is 19.0 Å². The van der Waals surface area contributed by atoms with E-state index in [4.69, 9.17) is 14.6 Å². The molecular weight excluding hydrogens is 298 g/mol. The highest BCUT2D eigenvalue weighted by atomic mass is 16.6. The van der Waals surface area contributed by atoms with Crippen molar-refractivity contribution >= 4 is 17.7 Å². The summed E-state index contributed by atoms with van der Waals surface area (Å²) in [6.07, 6.45) is -0.485. The van der Waals surface area contributed by atoms with Gasteiger partial charge in [-0.1, -0.05) is 30.3 Å². The number of anilines is 1. The highest BCUT2D eigenvalue weighted by molar-refractivity contribution is 5.93. The van der Waals surface area contributed by atoms with E-state index in [-0.39, 0.29) is 18.8 Å². The average Bonchev–Trinajstić information content (AvgIpc) is 2.59. The molecule has 6 heteroatoms. The molecule has 0 aliphatic carbocycles. The van der Waals surface area contributed by atoms with Crippen LogP contribution in [0.15, 0.2) is 48.5 Å². The molecule has 3 rings (SSSR count). The Kier molecular flexibility index (Phi) is 4.14. The van der Waals surface area contributed by atoms with Gasteiger partial charge in [0.05, 0.1) is 17.8 Å². The molecule has 1 heterocycles. The van der Waals surface area contributed by atoms with Crippen molar-refractivity contribution in [3.63, 3.8) is 0 Å². The second kappa shape index (κ2) is 6.39. The molecule has 0 unspecified atom stereocenters. The summed E-state index contributed by atoms with van der Waals surface area (Å²) in [6.45, 7) is 0.823. The van der Waals surface area contributed by atoms with E-state index in [2.05, 4.69) is 0 Å². The minimum atomic E-state index is -1.04. The second-order valence-corrected chi connectivity index (χ2v) is 5.03. The minimum Gasteiger partial charge on any atom is -0.490 e. The number of benzene rings is 2. The highest BCUT2D eigenvalue weighted by Gasteiger charge is 2.25. The van der Waals surface area contributed by atoms with Gasteiger partial charge in [-0.25, -0.2) is 9.59 Å². The first-order chi connectivity index (χ1) is 11.1. The molecule has 0 radical (unpaired) electrons. The van der Waals surface area contributed by atoms with Gasteiger partial charge in [0.15, 0.2) is 0 Å². The molecule has 1 aliphatic heterocycles. The molecule has 0 spiro atoms. The molecule has 1 N–H and O–H groups in total. The number of carbonyl (C=O) groups is 2. The number of carboxylic acid groups (broad SMARTS) is 1. The van der Waals surface area contributed by atoms with Crippen molar-refractivity contribution in [2.75, 3.05) is 18.1 Å². The van der Waals surface area contributed by atoms with Crippen molar-refractivity contribution in [1.29, 1.82) is 0 Å². The van der Waals surface area contributed by atoms with E-state index in [0.29, 0.717) is 18.0 Å². The van der Waals surface area contributed by atoms with Crippen LogP contribution >= 0.6 is 0 Å². The van der Waals surface area contributed by atoms with E-state index in [0.717, 1.165) is 5.56 Å². The molecule has 118 valence electrons. The van der Waals surface area contributed by atoms with Crippen molar-refractivity contribution in [2.24, 2.45) is 0 Å². The molecule has 0 aromatic heterocycles. The summed E-state index contributed by atoms with van der Waals surface area (Å²) in [6, 6.07) is 13.8. The molecule has 0 saturated carbocycles. The van der Waals surface area contributed by atoms with Crippen LogP contribution in [0.5, 0.6) is 5.75 Å². The van der Waals surface area contributed by atoms with Crippen molar-refractivity contribution in [3.05, 3.63) is 59.7 Å². The average molecular weight is 313 g/mol. The van der Waals surface area contributed by atoms with E-state index in [1.165, 1.54) is 17.0 Å². The third-order valence-electron chi connectivity index (χ3n) is 3.50. The predicted molar refractivity (Wildman–Crippen MR) is 82.9 cm³/mol. The number of carbonyl (C=O) groups excluding carboxylic acids is 1. The maximum absolute atomic E-state index is 12.3. The van der Waals surface area contributed by atoms with Gasteiger partial charge < -0.3 is 14.6 Å². The SMILES string of the molecule is O=C(O)c1ccc2c(c1)OCCN2C(=O)OCc1ccccc1. The van der Waals surface area contributed by atoms with E-state index >= 15 is 0 Å². The number of rotatable bonds is 3. The topological polar surface area (TPSA) is 76.1 Å². The van der Waals surface area contributed by atoms with Crippen molar-refractivity contribution in [1.82, 2.24) is 0 Å². The zero-order valence-corrected chi connectivity index (χ0v) is 12.3. The van der Waals surface area contributed by atoms with Gasteiger partial charge in [-0.15, -0.1) is 0 Å². The van der Waals surface area contributed by atoms with Gasteiger partial charge in [0.2, 0.25) is 0 Å². The molecule has 0 saturated heterocycles. The fourth-order valence-electron chi connectivity index (χ4n) is 2.34. The van der Waals surface area contributed by atoms with Crippen LogP contribution in [0.25, 0.3) is 0 Å². The molecule has 6 nitrogen and oxygen atoms in total. The summed E-state index contributed by atoms with van der Waals surface area (Å²) in [5.74, 6) is -0.673. The van der Waals surface area contributed by atoms with E-state index in [1.54, 1.807) is 6.07 Å². The number of amides is 1. The zero-order valence-electron chi connectivity index (χ0n) is 12.3. The number of ether oxygens (including phenoxy) is 2. The Bertz CT molecular complexity index is 729. The van der Waals surface area contributed by atoms with Crippen LogP contribution in [-0.4, -0.2) is 30.3 Å². The lowest BCUT2D eigenvalue weighted by atomic mass is 10.1. The molecule has 2 aromatic rings. The number of aromatic carboxylic acids is 1. The van der Waals surface area contributed by atoms with Crippen LogP contribution in [-0.2, 0) is 11.3 Å². The van der Waals surface area contributed by atoms with Gasteiger partial charge in [-0.05, 0) is 23.8 Å². The Hall–Kier alpha value is -3.02. The fraction of sp³-hybridized carbons (Fsp3) is 0.176. The Morgan fingerprint density at radius 2 is 1.96 bits per heavy atom. The normalized spacial score (nSPS) is 13.0. The smallest absolute Gasteiger partial charge is 0.414 e. The lowest BCUT2D eigenvalue weighted by Gasteiger charge is -2.29. The molecule has 1 aliphatic rings. The Morgan fingerprint density at radius 3 is 2.70 bits per heavy atom. The molecule has 23 heavy (non-hydrogen) atoms. The maximum atomic E-state index is 12.3. The maximum Gasteiger partial charge on any atom is 0.414 e. The monoisotopic (exact) mass is 313 g/mol. The van der Waals surface area contributed by atoms with Crippen LogP contribution in [0.4, 0.5) is 10.5 Å². The molecule has 0 bridgehead atoms. The first-order valence-electron chi connectivity index (χ1n) is 7.13. The first kappa shape index (κ1) is 14.9. The summed E-state index contributed by atoms with van der Waals surface area (Å²) in [5.41, 5.74) is 1.53. The third kappa shape index (κ3) is 3.26. The summed E-state index contributed by atoms with van der Waals surface area (Å²) >= 11 is 0. The number of fused-ring (bicyclic) bond motifs is 1. The summed E-state index contributed by atoms with van der Waals surface area (Å²) in [7, 11) is 0. The Balaban J connectivity index is 1.74. The van der Waals surface area contributed by atoms with Crippen LogP contribution in [0.2, 0.25) is 0 Å². The number of nitrogens with zero attached hydrogens (tertiary/aromatic N) is 1. The van der Waals surface area contributed by atoms with Gasteiger partial charge in [-0.2, -0.15) is 0 Å². The highest BCUT2D eigenvalue weighted by Crippen LogP contribution is 2.33. The molecule has 0 atom stereocenters. The third-order valence-corrected chi connectivity index (χ3v) is 3.50.